The summed E-state index contributed by atoms with van der Waals surface area (Å²) in [6.45, 7) is 6.25. The van der Waals surface area contributed by atoms with E-state index in [1.54, 1.807) is 0 Å². The van der Waals surface area contributed by atoms with Crippen LogP contribution in [-0.4, -0.2) is 45.1 Å². The number of carbonyl (C=O) groups is 2. The highest BCUT2D eigenvalue weighted by atomic mass is 32.2. The average molecular weight is 437 g/mol. The largest absolute Gasteiger partial charge is 0.341 e. The number of likely N-dealkylation sites (tertiary alicyclic amines) is 1. The summed E-state index contributed by atoms with van der Waals surface area (Å²) >= 11 is 1.36. The molecule has 0 aliphatic carbocycles. The third-order valence-corrected chi connectivity index (χ3v) is 6.50. The molecule has 0 saturated carbocycles. The topological polar surface area (TPSA) is 67.2 Å². The SMILES string of the molecule is C[C@@H]1C[C@H](C)CN(C(=O)Cn2c(SCC(=O)Nc3ccccc3)nc3ccccc32)C1. The lowest BCUT2D eigenvalue weighted by Gasteiger charge is -2.35. The molecular weight excluding hydrogens is 408 g/mol. The van der Waals surface area contributed by atoms with Crippen LogP contribution in [0.1, 0.15) is 20.3 Å². The lowest BCUT2D eigenvalue weighted by molar-refractivity contribution is -0.134. The first-order chi connectivity index (χ1) is 15.0. The molecule has 3 aromatic rings. The number of amides is 2. The zero-order valence-electron chi connectivity index (χ0n) is 18.0. The number of anilines is 1. The van der Waals surface area contributed by atoms with Gasteiger partial charge in [-0.1, -0.05) is 55.9 Å². The predicted molar refractivity (Wildman–Crippen MR) is 125 cm³/mol. The van der Waals surface area contributed by atoms with Gasteiger partial charge in [0.1, 0.15) is 6.54 Å². The summed E-state index contributed by atoms with van der Waals surface area (Å²) in [5.41, 5.74) is 2.52. The molecule has 31 heavy (non-hydrogen) atoms. The Morgan fingerprint density at radius 1 is 1.03 bits per heavy atom. The summed E-state index contributed by atoms with van der Waals surface area (Å²) in [7, 11) is 0. The Morgan fingerprint density at radius 3 is 2.45 bits per heavy atom. The molecule has 1 aromatic heterocycles. The number of benzene rings is 2. The Bertz CT molecular complexity index is 1060. The molecule has 2 amide bonds. The first kappa shape index (κ1) is 21.4. The molecule has 7 heteroatoms. The van der Waals surface area contributed by atoms with Crippen LogP contribution in [0.3, 0.4) is 0 Å². The van der Waals surface area contributed by atoms with E-state index in [1.807, 2.05) is 64.1 Å². The van der Waals surface area contributed by atoms with Crippen LogP contribution in [-0.2, 0) is 16.1 Å². The molecule has 2 aromatic carbocycles. The van der Waals surface area contributed by atoms with Gasteiger partial charge >= 0.3 is 0 Å². The number of carbonyl (C=O) groups excluding carboxylic acids is 2. The second-order valence-electron chi connectivity index (χ2n) is 8.42. The van der Waals surface area contributed by atoms with Crippen LogP contribution in [0.4, 0.5) is 5.69 Å². The molecule has 1 aliphatic heterocycles. The average Bonchev–Trinajstić information content (AvgIpc) is 3.10. The predicted octanol–water partition coefficient (Wildman–Crippen LogP) is 4.27. The number of rotatable bonds is 6. The number of nitrogens with one attached hydrogen (secondary N) is 1. The van der Waals surface area contributed by atoms with Crippen LogP contribution in [0, 0.1) is 11.8 Å². The van der Waals surface area contributed by atoms with Crippen LogP contribution in [0.5, 0.6) is 0 Å². The number of fused-ring (bicyclic) bond motifs is 1. The molecule has 162 valence electrons. The fourth-order valence-electron chi connectivity index (χ4n) is 4.27. The van der Waals surface area contributed by atoms with E-state index in [1.165, 1.54) is 11.8 Å². The van der Waals surface area contributed by atoms with E-state index in [4.69, 9.17) is 4.98 Å². The van der Waals surface area contributed by atoms with Crippen molar-refractivity contribution < 1.29 is 9.59 Å². The summed E-state index contributed by atoms with van der Waals surface area (Å²) in [6, 6.07) is 17.2. The standard InChI is InChI=1S/C24H28N4O2S/c1-17-12-18(2)14-27(13-17)23(30)15-28-21-11-7-6-10-20(21)26-24(28)31-16-22(29)25-19-8-4-3-5-9-19/h3-11,17-18H,12-16H2,1-2H3,(H,25,29)/t17-,18+. The second kappa shape index (κ2) is 9.56. The van der Waals surface area contributed by atoms with Crippen molar-refractivity contribution in [2.24, 2.45) is 11.8 Å². The van der Waals surface area contributed by atoms with E-state index in [0.29, 0.717) is 17.0 Å². The van der Waals surface area contributed by atoms with Crippen molar-refractivity contribution in [1.82, 2.24) is 14.5 Å². The van der Waals surface area contributed by atoms with Crippen LogP contribution in [0.2, 0.25) is 0 Å². The maximum Gasteiger partial charge on any atom is 0.242 e. The van der Waals surface area contributed by atoms with Crippen molar-refractivity contribution in [3.8, 4) is 0 Å². The minimum absolute atomic E-state index is 0.0974. The van der Waals surface area contributed by atoms with Gasteiger partial charge in [0.05, 0.1) is 16.8 Å². The molecule has 1 aliphatic rings. The highest BCUT2D eigenvalue weighted by Gasteiger charge is 2.26. The molecule has 0 radical (unpaired) electrons. The van der Waals surface area contributed by atoms with Crippen molar-refractivity contribution in [3.05, 3.63) is 54.6 Å². The number of piperidine rings is 1. The van der Waals surface area contributed by atoms with E-state index in [0.717, 1.165) is 36.2 Å². The van der Waals surface area contributed by atoms with Gasteiger partial charge in [-0.25, -0.2) is 4.98 Å². The van der Waals surface area contributed by atoms with Gasteiger partial charge in [-0.15, -0.1) is 0 Å². The molecule has 2 atom stereocenters. The summed E-state index contributed by atoms with van der Waals surface area (Å²) in [5, 5.41) is 3.59. The molecule has 1 N–H and O–H groups in total. The zero-order chi connectivity index (χ0) is 21.8. The van der Waals surface area contributed by atoms with E-state index in [9.17, 15) is 9.59 Å². The minimum Gasteiger partial charge on any atom is -0.341 e. The molecule has 0 spiro atoms. The van der Waals surface area contributed by atoms with E-state index in [-0.39, 0.29) is 24.1 Å². The number of nitrogens with zero attached hydrogens (tertiary/aromatic N) is 3. The zero-order valence-corrected chi connectivity index (χ0v) is 18.8. The normalized spacial score (nSPS) is 18.8. The van der Waals surface area contributed by atoms with Gasteiger partial charge in [0.15, 0.2) is 5.16 Å². The molecular formula is C24H28N4O2S. The number of thioether (sulfide) groups is 1. The van der Waals surface area contributed by atoms with Gasteiger partial charge < -0.3 is 14.8 Å². The van der Waals surface area contributed by atoms with Gasteiger partial charge in [0.25, 0.3) is 0 Å². The second-order valence-corrected chi connectivity index (χ2v) is 9.36. The van der Waals surface area contributed by atoms with Gasteiger partial charge in [0, 0.05) is 18.8 Å². The van der Waals surface area contributed by atoms with Gasteiger partial charge in [0.2, 0.25) is 11.8 Å². The molecule has 6 nitrogen and oxygen atoms in total. The van der Waals surface area contributed by atoms with Crippen molar-refractivity contribution >= 4 is 40.3 Å². The summed E-state index contributed by atoms with van der Waals surface area (Å²) in [6.07, 6.45) is 1.16. The van der Waals surface area contributed by atoms with E-state index < -0.39 is 0 Å². The first-order valence-electron chi connectivity index (χ1n) is 10.7. The summed E-state index contributed by atoms with van der Waals surface area (Å²) < 4.78 is 1.95. The van der Waals surface area contributed by atoms with Crippen LogP contribution in [0.15, 0.2) is 59.8 Å². The Kier molecular flexibility index (Phi) is 6.61. The highest BCUT2D eigenvalue weighted by molar-refractivity contribution is 7.99. The monoisotopic (exact) mass is 436 g/mol. The Labute approximate surface area is 187 Å². The summed E-state index contributed by atoms with van der Waals surface area (Å²) in [4.78, 5) is 32.2. The van der Waals surface area contributed by atoms with E-state index in [2.05, 4.69) is 19.2 Å². The Balaban J connectivity index is 1.49. The quantitative estimate of drug-likeness (QED) is 0.586. The van der Waals surface area contributed by atoms with Crippen LogP contribution >= 0.6 is 11.8 Å². The third-order valence-electron chi connectivity index (χ3n) is 5.52. The number of para-hydroxylation sites is 3. The lowest BCUT2D eigenvalue weighted by atomic mass is 9.92. The van der Waals surface area contributed by atoms with Crippen molar-refractivity contribution in [2.75, 3.05) is 24.2 Å². The lowest BCUT2D eigenvalue weighted by Crippen LogP contribution is -2.44. The molecule has 1 fully saturated rings. The van der Waals surface area contributed by atoms with Crippen molar-refractivity contribution in [3.63, 3.8) is 0 Å². The van der Waals surface area contributed by atoms with Gasteiger partial charge in [-0.3, -0.25) is 9.59 Å². The number of hydrogen-bond donors (Lipinski definition) is 1. The maximum absolute atomic E-state index is 13.1. The number of imidazole rings is 1. The van der Waals surface area contributed by atoms with E-state index >= 15 is 0 Å². The molecule has 0 bridgehead atoms. The maximum atomic E-state index is 13.1. The fourth-order valence-corrected chi connectivity index (χ4v) is 5.08. The van der Waals surface area contributed by atoms with Gasteiger partial charge in [-0.2, -0.15) is 0 Å². The Morgan fingerprint density at radius 2 is 1.71 bits per heavy atom. The van der Waals surface area contributed by atoms with Crippen LogP contribution < -0.4 is 5.32 Å². The number of aromatic nitrogens is 2. The Hall–Kier alpha value is -2.80. The molecule has 1 saturated heterocycles. The molecule has 2 heterocycles. The van der Waals surface area contributed by atoms with Gasteiger partial charge in [-0.05, 0) is 42.5 Å². The fraction of sp³-hybridized carbons (Fsp3) is 0.375. The number of hydrogen-bond acceptors (Lipinski definition) is 4. The highest BCUT2D eigenvalue weighted by Crippen LogP contribution is 2.26. The molecule has 0 unspecified atom stereocenters. The van der Waals surface area contributed by atoms with Crippen LogP contribution in [0.25, 0.3) is 11.0 Å². The smallest absolute Gasteiger partial charge is 0.242 e. The first-order valence-corrected chi connectivity index (χ1v) is 11.7. The van der Waals surface area contributed by atoms with Crippen molar-refractivity contribution in [1.29, 1.82) is 0 Å². The summed E-state index contributed by atoms with van der Waals surface area (Å²) in [5.74, 6) is 1.27. The minimum atomic E-state index is -0.0974. The van der Waals surface area contributed by atoms with Crippen molar-refractivity contribution in [2.45, 2.75) is 32.0 Å². The third kappa shape index (κ3) is 5.28. The molecule has 4 rings (SSSR count).